The number of thiazole rings is 1. The molecule has 1 amide bonds. The number of nitrogens with one attached hydrogen (secondary N) is 1. The summed E-state index contributed by atoms with van der Waals surface area (Å²) in [6.45, 7) is 5.75. The second-order valence-electron chi connectivity index (χ2n) is 6.57. The molecule has 0 fully saturated rings. The number of hydrogen-bond acceptors (Lipinski definition) is 6. The Morgan fingerprint density at radius 1 is 1.07 bits per heavy atom. The van der Waals surface area contributed by atoms with Crippen molar-refractivity contribution < 1.29 is 19.1 Å². The molecule has 0 unspecified atom stereocenters. The van der Waals surface area contributed by atoms with Gasteiger partial charge in [-0.1, -0.05) is 18.2 Å². The summed E-state index contributed by atoms with van der Waals surface area (Å²) >= 11 is 1.54. The summed E-state index contributed by atoms with van der Waals surface area (Å²) < 4.78 is 10.9. The van der Waals surface area contributed by atoms with Crippen molar-refractivity contribution in [2.75, 3.05) is 11.9 Å². The van der Waals surface area contributed by atoms with Crippen LogP contribution < -0.4 is 10.1 Å². The molecule has 6 nitrogen and oxygen atoms in total. The number of esters is 1. The molecule has 0 atom stereocenters. The first-order chi connectivity index (χ1) is 13.9. The summed E-state index contributed by atoms with van der Waals surface area (Å²) in [7, 11) is 0. The SMILES string of the molecule is Cc1nc(COc2ccccc2C(=O)OCC(=O)Nc2ccc(C)c(C)c2)cs1. The third kappa shape index (κ3) is 5.65. The van der Waals surface area contributed by atoms with E-state index in [0.717, 1.165) is 21.8 Å². The number of hydrogen-bond donors (Lipinski definition) is 1. The summed E-state index contributed by atoms with van der Waals surface area (Å²) in [6.07, 6.45) is 0. The maximum atomic E-state index is 12.4. The number of para-hydroxylation sites is 1. The van der Waals surface area contributed by atoms with Crippen molar-refractivity contribution in [3.05, 3.63) is 75.2 Å². The number of aromatic nitrogens is 1. The van der Waals surface area contributed by atoms with E-state index in [4.69, 9.17) is 9.47 Å². The molecule has 150 valence electrons. The second kappa shape index (κ2) is 9.34. The van der Waals surface area contributed by atoms with Gasteiger partial charge in [-0.05, 0) is 56.2 Å². The second-order valence-corrected chi connectivity index (χ2v) is 7.63. The molecule has 0 bridgehead atoms. The van der Waals surface area contributed by atoms with Crippen molar-refractivity contribution in [2.24, 2.45) is 0 Å². The van der Waals surface area contributed by atoms with Crippen molar-refractivity contribution in [1.82, 2.24) is 4.98 Å². The van der Waals surface area contributed by atoms with Crippen LogP contribution in [-0.4, -0.2) is 23.5 Å². The van der Waals surface area contributed by atoms with Gasteiger partial charge in [0.2, 0.25) is 0 Å². The number of carbonyl (C=O) groups is 2. The average Bonchev–Trinajstić information content (AvgIpc) is 3.13. The molecule has 7 heteroatoms. The zero-order valence-electron chi connectivity index (χ0n) is 16.5. The lowest BCUT2D eigenvalue weighted by Crippen LogP contribution is -2.21. The summed E-state index contributed by atoms with van der Waals surface area (Å²) in [5.74, 6) is -0.638. The van der Waals surface area contributed by atoms with Crippen LogP contribution in [0.1, 0.15) is 32.2 Å². The fourth-order valence-corrected chi connectivity index (χ4v) is 3.21. The van der Waals surface area contributed by atoms with E-state index in [2.05, 4.69) is 10.3 Å². The van der Waals surface area contributed by atoms with Crippen LogP contribution in [-0.2, 0) is 16.1 Å². The average molecular weight is 410 g/mol. The summed E-state index contributed by atoms with van der Waals surface area (Å²) in [6, 6.07) is 12.4. The van der Waals surface area contributed by atoms with Gasteiger partial charge in [0.1, 0.15) is 17.9 Å². The molecule has 3 aromatic rings. The molecule has 0 aliphatic rings. The van der Waals surface area contributed by atoms with Crippen LogP contribution in [0.25, 0.3) is 0 Å². The highest BCUT2D eigenvalue weighted by atomic mass is 32.1. The van der Waals surface area contributed by atoms with Crippen molar-refractivity contribution in [3.63, 3.8) is 0 Å². The van der Waals surface area contributed by atoms with Crippen LogP contribution in [0, 0.1) is 20.8 Å². The lowest BCUT2D eigenvalue weighted by atomic mass is 10.1. The van der Waals surface area contributed by atoms with Gasteiger partial charge in [0.05, 0.1) is 10.7 Å². The highest BCUT2D eigenvalue weighted by Crippen LogP contribution is 2.21. The van der Waals surface area contributed by atoms with Crippen molar-refractivity contribution in [2.45, 2.75) is 27.4 Å². The monoisotopic (exact) mass is 410 g/mol. The number of rotatable bonds is 7. The molecule has 0 aliphatic carbocycles. The van der Waals surface area contributed by atoms with Crippen LogP contribution in [0.4, 0.5) is 5.69 Å². The van der Waals surface area contributed by atoms with Crippen molar-refractivity contribution >= 4 is 28.9 Å². The zero-order chi connectivity index (χ0) is 20.8. The molecular formula is C22H22N2O4S. The first kappa shape index (κ1) is 20.5. The molecule has 0 saturated carbocycles. The molecule has 0 radical (unpaired) electrons. The number of amides is 1. The van der Waals surface area contributed by atoms with Gasteiger partial charge in [-0.25, -0.2) is 9.78 Å². The number of carbonyl (C=O) groups excluding carboxylic acids is 2. The third-order valence-electron chi connectivity index (χ3n) is 4.27. The van der Waals surface area contributed by atoms with E-state index >= 15 is 0 Å². The molecule has 2 aromatic carbocycles. The van der Waals surface area contributed by atoms with Gasteiger partial charge in [0.25, 0.3) is 5.91 Å². The number of ether oxygens (including phenoxy) is 2. The van der Waals surface area contributed by atoms with Crippen LogP contribution in [0.5, 0.6) is 5.75 Å². The number of nitrogens with zero attached hydrogens (tertiary/aromatic N) is 1. The van der Waals surface area contributed by atoms with E-state index in [-0.39, 0.29) is 18.8 Å². The predicted octanol–water partition coefficient (Wildman–Crippen LogP) is 4.44. The molecule has 0 spiro atoms. The first-order valence-corrected chi connectivity index (χ1v) is 9.97. The standard InChI is InChI=1S/C22H22N2O4S/c1-14-8-9-17(10-15(14)2)24-21(25)12-28-22(26)19-6-4-5-7-20(19)27-11-18-13-29-16(3)23-18/h4-10,13H,11-12H2,1-3H3,(H,24,25). The van der Waals surface area contributed by atoms with Crippen LogP contribution in [0.3, 0.4) is 0 Å². The Kier molecular flexibility index (Phi) is 6.61. The molecule has 29 heavy (non-hydrogen) atoms. The molecule has 3 rings (SSSR count). The van der Waals surface area contributed by atoms with Crippen LogP contribution in [0.2, 0.25) is 0 Å². The largest absolute Gasteiger partial charge is 0.486 e. The highest BCUT2D eigenvalue weighted by Gasteiger charge is 2.16. The minimum absolute atomic E-state index is 0.252. The summed E-state index contributed by atoms with van der Waals surface area (Å²) in [4.78, 5) is 28.9. The summed E-state index contributed by atoms with van der Waals surface area (Å²) in [5, 5.41) is 5.59. The van der Waals surface area contributed by atoms with Gasteiger partial charge in [-0.2, -0.15) is 0 Å². The molecule has 1 heterocycles. The highest BCUT2D eigenvalue weighted by molar-refractivity contribution is 7.09. The smallest absolute Gasteiger partial charge is 0.342 e. The zero-order valence-corrected chi connectivity index (χ0v) is 17.3. The van der Waals surface area contributed by atoms with E-state index in [1.165, 1.54) is 11.3 Å². The van der Waals surface area contributed by atoms with Gasteiger partial charge >= 0.3 is 5.97 Å². The molecule has 0 saturated heterocycles. The Bertz CT molecular complexity index is 1030. The van der Waals surface area contributed by atoms with Crippen molar-refractivity contribution in [1.29, 1.82) is 0 Å². The fraction of sp³-hybridized carbons (Fsp3) is 0.227. The van der Waals surface area contributed by atoms with E-state index in [1.54, 1.807) is 24.3 Å². The predicted molar refractivity (Wildman–Crippen MR) is 112 cm³/mol. The van der Waals surface area contributed by atoms with Crippen LogP contribution in [0.15, 0.2) is 47.8 Å². The lowest BCUT2D eigenvalue weighted by Gasteiger charge is -2.11. The van der Waals surface area contributed by atoms with Crippen molar-refractivity contribution in [3.8, 4) is 5.75 Å². The topological polar surface area (TPSA) is 77.5 Å². The minimum Gasteiger partial charge on any atom is -0.486 e. The van der Waals surface area contributed by atoms with Gasteiger partial charge in [-0.15, -0.1) is 11.3 Å². The lowest BCUT2D eigenvalue weighted by molar-refractivity contribution is -0.119. The quantitative estimate of drug-likeness (QED) is 0.583. The van der Waals surface area contributed by atoms with Gasteiger partial charge < -0.3 is 14.8 Å². The molecule has 1 aromatic heterocycles. The molecule has 1 N–H and O–H groups in total. The number of benzene rings is 2. The van der Waals surface area contributed by atoms with E-state index in [1.807, 2.05) is 44.4 Å². The molecule has 0 aliphatic heterocycles. The Morgan fingerprint density at radius 2 is 1.86 bits per heavy atom. The van der Waals surface area contributed by atoms with Gasteiger partial charge in [0, 0.05) is 11.1 Å². The minimum atomic E-state index is -0.620. The van der Waals surface area contributed by atoms with Gasteiger partial charge in [0.15, 0.2) is 6.61 Å². The van der Waals surface area contributed by atoms with E-state index < -0.39 is 11.9 Å². The van der Waals surface area contributed by atoms with Gasteiger partial charge in [-0.3, -0.25) is 4.79 Å². The normalized spacial score (nSPS) is 10.4. The third-order valence-corrected chi connectivity index (χ3v) is 5.10. The van der Waals surface area contributed by atoms with E-state index in [9.17, 15) is 9.59 Å². The maximum absolute atomic E-state index is 12.4. The fourth-order valence-electron chi connectivity index (χ4n) is 2.61. The van der Waals surface area contributed by atoms with E-state index in [0.29, 0.717) is 11.4 Å². The molecular weight excluding hydrogens is 388 g/mol. The summed E-state index contributed by atoms with van der Waals surface area (Å²) in [5.41, 5.74) is 3.93. The number of aryl methyl sites for hydroxylation is 3. The Hall–Kier alpha value is -3.19. The maximum Gasteiger partial charge on any atom is 0.342 e. The Balaban J connectivity index is 1.57. The first-order valence-electron chi connectivity index (χ1n) is 9.09. The number of anilines is 1. The van der Waals surface area contributed by atoms with Crippen LogP contribution >= 0.6 is 11.3 Å². The Morgan fingerprint density at radius 3 is 2.59 bits per heavy atom. The Labute approximate surface area is 173 Å².